The fourth-order valence-corrected chi connectivity index (χ4v) is 3.14. The van der Waals surface area contributed by atoms with Crippen LogP contribution >= 0.6 is 11.3 Å². The van der Waals surface area contributed by atoms with Crippen LogP contribution in [0, 0.1) is 0 Å². The Hall–Kier alpha value is -1.80. The first-order valence-electron chi connectivity index (χ1n) is 6.90. The van der Waals surface area contributed by atoms with E-state index in [1.54, 1.807) is 16.2 Å². The Labute approximate surface area is 126 Å². The Kier molecular flexibility index (Phi) is 3.73. The minimum Gasteiger partial charge on any atom is -0.386 e. The van der Waals surface area contributed by atoms with Crippen molar-refractivity contribution in [2.75, 3.05) is 13.1 Å². The van der Waals surface area contributed by atoms with Crippen LogP contribution < -0.4 is 0 Å². The average molecular weight is 307 g/mol. The molecule has 2 aromatic rings. The lowest BCUT2D eigenvalue weighted by atomic mass is 9.89. The molecule has 3 heterocycles. The van der Waals surface area contributed by atoms with E-state index in [0.29, 0.717) is 18.9 Å². The number of thiophene rings is 1. The van der Waals surface area contributed by atoms with Gasteiger partial charge in [-0.3, -0.25) is 4.79 Å². The molecule has 0 aliphatic carbocycles. The summed E-state index contributed by atoms with van der Waals surface area (Å²) < 4.78 is 0. The molecule has 1 N–H and O–H groups in total. The zero-order chi connectivity index (χ0) is 14.9. The lowest BCUT2D eigenvalue weighted by Crippen LogP contribution is -2.63. The summed E-state index contributed by atoms with van der Waals surface area (Å²) in [5.74, 6) is 0.431. The molecule has 21 heavy (non-hydrogen) atoms. The number of aliphatic hydroxyl groups is 1. The first-order valence-corrected chi connectivity index (χ1v) is 7.84. The lowest BCUT2D eigenvalue weighted by Gasteiger charge is -2.46. The van der Waals surface area contributed by atoms with Crippen LogP contribution in [0.3, 0.4) is 0 Å². The summed E-state index contributed by atoms with van der Waals surface area (Å²) in [6.07, 6.45) is 1.63. The molecular weight excluding hydrogens is 290 g/mol. The van der Waals surface area contributed by atoms with Crippen LogP contribution in [0.4, 0.5) is 0 Å². The second kappa shape index (κ2) is 5.53. The molecule has 0 radical (unpaired) electrons. The van der Waals surface area contributed by atoms with Crippen LogP contribution in [-0.4, -0.2) is 54.8 Å². The number of likely N-dealkylation sites (tertiary alicyclic amines) is 1. The number of hydrogen-bond acceptors (Lipinski definition) is 6. The molecule has 0 unspecified atom stereocenters. The first kappa shape index (κ1) is 14.2. The highest BCUT2D eigenvalue weighted by atomic mass is 32.1. The van der Waals surface area contributed by atoms with Crippen molar-refractivity contribution in [3.05, 3.63) is 16.8 Å². The predicted molar refractivity (Wildman–Crippen MR) is 77.6 cm³/mol. The summed E-state index contributed by atoms with van der Waals surface area (Å²) in [6, 6.07) is 1.91. The quantitative estimate of drug-likeness (QED) is 0.882. The molecule has 2 aromatic heterocycles. The Bertz CT molecular complexity index is 618. The monoisotopic (exact) mass is 307 g/mol. The molecule has 8 heteroatoms. The maximum Gasteiger partial charge on any atom is 0.246 e. The summed E-state index contributed by atoms with van der Waals surface area (Å²) in [6.45, 7) is 2.87. The van der Waals surface area contributed by atoms with Crippen molar-refractivity contribution in [1.82, 2.24) is 25.1 Å². The van der Waals surface area contributed by atoms with Gasteiger partial charge in [0.1, 0.15) is 6.54 Å². The van der Waals surface area contributed by atoms with Gasteiger partial charge in [0.15, 0.2) is 0 Å². The zero-order valence-electron chi connectivity index (χ0n) is 11.8. The molecule has 0 atom stereocenters. The highest BCUT2D eigenvalue weighted by molar-refractivity contribution is 7.08. The maximum atomic E-state index is 12.1. The minimum atomic E-state index is -0.706. The summed E-state index contributed by atoms with van der Waals surface area (Å²) >= 11 is 1.56. The summed E-state index contributed by atoms with van der Waals surface area (Å²) in [5.41, 5.74) is 0.196. The van der Waals surface area contributed by atoms with E-state index in [0.717, 1.165) is 18.4 Å². The van der Waals surface area contributed by atoms with Gasteiger partial charge in [-0.05, 0) is 23.1 Å². The Morgan fingerprint density at radius 1 is 1.52 bits per heavy atom. The second-order valence-corrected chi connectivity index (χ2v) is 6.16. The smallest absolute Gasteiger partial charge is 0.246 e. The van der Waals surface area contributed by atoms with Gasteiger partial charge in [0.25, 0.3) is 0 Å². The van der Waals surface area contributed by atoms with E-state index < -0.39 is 5.60 Å². The van der Waals surface area contributed by atoms with Crippen molar-refractivity contribution >= 4 is 17.2 Å². The first-order chi connectivity index (χ1) is 10.1. The highest BCUT2D eigenvalue weighted by Crippen LogP contribution is 2.25. The van der Waals surface area contributed by atoms with Gasteiger partial charge in [0.05, 0.1) is 18.7 Å². The molecule has 1 fully saturated rings. The van der Waals surface area contributed by atoms with Crippen molar-refractivity contribution in [3.8, 4) is 11.4 Å². The van der Waals surface area contributed by atoms with Gasteiger partial charge in [-0.1, -0.05) is 13.3 Å². The van der Waals surface area contributed by atoms with Gasteiger partial charge < -0.3 is 10.0 Å². The normalized spacial score (nSPS) is 16.8. The van der Waals surface area contributed by atoms with E-state index in [9.17, 15) is 9.90 Å². The molecule has 0 bridgehead atoms. The molecule has 1 aliphatic heterocycles. The Morgan fingerprint density at radius 3 is 3.00 bits per heavy atom. The zero-order valence-corrected chi connectivity index (χ0v) is 12.6. The molecule has 1 amide bonds. The number of nitrogens with zero attached hydrogens (tertiary/aromatic N) is 5. The molecule has 1 aliphatic rings. The van der Waals surface area contributed by atoms with Crippen LogP contribution in [0.2, 0.25) is 0 Å². The molecule has 0 aromatic carbocycles. The lowest BCUT2D eigenvalue weighted by molar-refractivity contribution is -0.157. The number of amides is 1. The maximum absolute atomic E-state index is 12.1. The molecule has 0 saturated carbocycles. The van der Waals surface area contributed by atoms with Crippen LogP contribution in [0.1, 0.15) is 19.8 Å². The molecule has 1 saturated heterocycles. The van der Waals surface area contributed by atoms with E-state index in [4.69, 9.17) is 0 Å². The predicted octanol–water partition coefficient (Wildman–Crippen LogP) is 0.775. The summed E-state index contributed by atoms with van der Waals surface area (Å²) in [4.78, 5) is 15.0. The van der Waals surface area contributed by atoms with Crippen molar-refractivity contribution in [1.29, 1.82) is 0 Å². The standard InChI is InChI=1S/C13H17N5O2S/c1-2-4-13(20)8-17(9-13)11(19)6-18-15-12(14-16-18)10-3-5-21-7-10/h3,5,7,20H,2,4,6,8-9H2,1H3. The van der Waals surface area contributed by atoms with Crippen LogP contribution in [0.15, 0.2) is 16.8 Å². The van der Waals surface area contributed by atoms with E-state index in [1.165, 1.54) is 4.80 Å². The van der Waals surface area contributed by atoms with Gasteiger partial charge in [0, 0.05) is 10.9 Å². The van der Waals surface area contributed by atoms with E-state index in [2.05, 4.69) is 15.4 Å². The average Bonchev–Trinajstić information content (AvgIpc) is 3.05. The molecule has 3 rings (SSSR count). The highest BCUT2D eigenvalue weighted by Gasteiger charge is 2.42. The fourth-order valence-electron chi connectivity index (χ4n) is 2.50. The number of tetrazole rings is 1. The van der Waals surface area contributed by atoms with Gasteiger partial charge in [-0.15, -0.1) is 10.2 Å². The summed E-state index contributed by atoms with van der Waals surface area (Å²) in [7, 11) is 0. The molecule has 7 nitrogen and oxygen atoms in total. The van der Waals surface area contributed by atoms with Gasteiger partial charge in [0.2, 0.25) is 11.7 Å². The molecule has 0 spiro atoms. The Balaban J connectivity index is 1.57. The van der Waals surface area contributed by atoms with Gasteiger partial charge in [-0.2, -0.15) is 16.1 Å². The third-order valence-corrected chi connectivity index (χ3v) is 4.23. The van der Waals surface area contributed by atoms with E-state index >= 15 is 0 Å². The van der Waals surface area contributed by atoms with Gasteiger partial charge in [-0.25, -0.2) is 0 Å². The SMILES string of the molecule is CCCC1(O)CN(C(=O)Cn2nnc(-c3ccsc3)n2)C1. The minimum absolute atomic E-state index is 0.0549. The van der Waals surface area contributed by atoms with E-state index in [-0.39, 0.29) is 12.5 Å². The number of hydrogen-bond donors (Lipinski definition) is 1. The largest absolute Gasteiger partial charge is 0.386 e. The van der Waals surface area contributed by atoms with Crippen LogP contribution in [-0.2, 0) is 11.3 Å². The van der Waals surface area contributed by atoms with Crippen molar-refractivity contribution < 1.29 is 9.90 Å². The number of aromatic nitrogens is 4. The third-order valence-electron chi connectivity index (χ3n) is 3.55. The van der Waals surface area contributed by atoms with E-state index in [1.807, 2.05) is 23.8 Å². The third kappa shape index (κ3) is 2.96. The van der Waals surface area contributed by atoms with Crippen molar-refractivity contribution in [2.24, 2.45) is 0 Å². The Morgan fingerprint density at radius 2 is 2.33 bits per heavy atom. The molecule has 112 valence electrons. The fraction of sp³-hybridized carbons (Fsp3) is 0.538. The van der Waals surface area contributed by atoms with Crippen molar-refractivity contribution in [3.63, 3.8) is 0 Å². The second-order valence-electron chi connectivity index (χ2n) is 5.38. The number of rotatable bonds is 5. The van der Waals surface area contributed by atoms with Crippen LogP contribution in [0.25, 0.3) is 11.4 Å². The number of β-amino-alcohol motifs (C(OH)–C–C–N with tert-alkyl or cyclic N) is 1. The number of carbonyl (C=O) groups is 1. The topological polar surface area (TPSA) is 84.1 Å². The van der Waals surface area contributed by atoms with Crippen molar-refractivity contribution in [2.45, 2.75) is 31.9 Å². The van der Waals surface area contributed by atoms with Crippen LogP contribution in [0.5, 0.6) is 0 Å². The number of carbonyl (C=O) groups excluding carboxylic acids is 1. The molecular formula is C13H17N5O2S. The van der Waals surface area contributed by atoms with Gasteiger partial charge >= 0.3 is 0 Å². The summed E-state index contributed by atoms with van der Waals surface area (Å²) in [5, 5.41) is 26.0.